The maximum absolute atomic E-state index is 5.18. The smallest absolute Gasteiger partial charge is 0.0545 e. The van der Waals surface area contributed by atoms with E-state index in [-0.39, 0.29) is 0 Å². The fraction of sp³-hybridized carbons (Fsp3) is 0.600. The first-order valence-electron chi connectivity index (χ1n) is 2.13. The summed E-state index contributed by atoms with van der Waals surface area (Å²) >= 11 is 1.69. The molecular weight excluding hydrogens is 106 g/mol. The van der Waals surface area contributed by atoms with Crippen molar-refractivity contribution in [1.82, 2.24) is 0 Å². The highest BCUT2D eigenvalue weighted by Crippen LogP contribution is 1.93. The summed E-state index contributed by atoms with van der Waals surface area (Å²) in [4.78, 5) is 0. The summed E-state index contributed by atoms with van der Waals surface area (Å²) in [6.45, 7) is 0.729. The summed E-state index contributed by atoms with van der Waals surface area (Å²) in [5.74, 6) is 4.28. The first kappa shape index (κ1) is 6.87. The van der Waals surface area contributed by atoms with Crippen LogP contribution in [0.5, 0.6) is 0 Å². The minimum absolute atomic E-state index is 0.729. The van der Waals surface area contributed by atoms with Crippen LogP contribution >= 0.6 is 11.8 Å². The van der Waals surface area contributed by atoms with Gasteiger partial charge in [-0.25, -0.2) is 0 Å². The Morgan fingerprint density at radius 3 is 2.86 bits per heavy atom. The van der Waals surface area contributed by atoms with Gasteiger partial charge < -0.3 is 5.73 Å². The molecule has 0 rings (SSSR count). The number of thioether (sulfide) groups is 1. The largest absolute Gasteiger partial charge is 0.330 e. The van der Waals surface area contributed by atoms with Gasteiger partial charge >= 0.3 is 0 Å². The zero-order valence-corrected chi connectivity index (χ0v) is 5.00. The van der Waals surface area contributed by atoms with Crippen LogP contribution < -0.4 is 5.73 Å². The van der Waals surface area contributed by atoms with Crippen LogP contribution in [0.2, 0.25) is 0 Å². The highest BCUT2D eigenvalue weighted by molar-refractivity contribution is 7.99. The van der Waals surface area contributed by atoms with Gasteiger partial charge in [0.15, 0.2) is 0 Å². The van der Waals surface area contributed by atoms with Crippen molar-refractivity contribution >= 4 is 11.8 Å². The lowest BCUT2D eigenvalue weighted by atomic mass is 10.8. The molecule has 0 aliphatic heterocycles. The molecule has 0 atom stereocenters. The zero-order chi connectivity index (χ0) is 5.54. The molecule has 0 aliphatic rings. The Morgan fingerprint density at radius 2 is 2.43 bits per heavy atom. The van der Waals surface area contributed by atoms with E-state index in [1.807, 2.05) is 0 Å². The minimum Gasteiger partial charge on any atom is -0.330 e. The van der Waals surface area contributed by atoms with Crippen LogP contribution in [-0.2, 0) is 0 Å². The molecule has 0 aromatic rings. The highest BCUT2D eigenvalue weighted by Gasteiger charge is 1.77. The number of hydrogen-bond acceptors (Lipinski definition) is 2. The van der Waals surface area contributed by atoms with Gasteiger partial charge in [0.25, 0.3) is 0 Å². The number of nitrogens with two attached hydrogens (primary N) is 1. The Hall–Kier alpha value is -0.130. The van der Waals surface area contributed by atoms with Crippen LogP contribution in [0.1, 0.15) is 0 Å². The zero-order valence-electron chi connectivity index (χ0n) is 4.18. The summed E-state index contributed by atoms with van der Waals surface area (Å²) in [6, 6.07) is 0. The Labute approximate surface area is 48.7 Å². The Kier molecular flexibility index (Phi) is 5.76. The van der Waals surface area contributed by atoms with Crippen LogP contribution in [0, 0.1) is 12.3 Å². The van der Waals surface area contributed by atoms with Gasteiger partial charge in [-0.1, -0.05) is 5.92 Å². The van der Waals surface area contributed by atoms with Crippen molar-refractivity contribution in [2.45, 2.75) is 0 Å². The molecule has 0 fully saturated rings. The van der Waals surface area contributed by atoms with E-state index in [1.165, 1.54) is 0 Å². The second-order valence-electron chi connectivity index (χ2n) is 1.05. The third kappa shape index (κ3) is 5.87. The predicted octanol–water partition coefficient (Wildman–Crippen LogP) is 0.312. The summed E-state index contributed by atoms with van der Waals surface area (Å²) in [5.41, 5.74) is 5.18. The van der Waals surface area contributed by atoms with Crippen molar-refractivity contribution in [3.63, 3.8) is 0 Å². The molecule has 0 aromatic heterocycles. The van der Waals surface area contributed by atoms with Crippen LogP contribution in [-0.4, -0.2) is 18.1 Å². The Balaban J connectivity index is 2.60. The van der Waals surface area contributed by atoms with Gasteiger partial charge in [0.05, 0.1) is 5.75 Å². The first-order chi connectivity index (χ1) is 3.41. The standard InChI is InChI=1S/C5H9NS/c1-2-4-7-5-3-6/h1H,3-6H2. The summed E-state index contributed by atoms with van der Waals surface area (Å²) < 4.78 is 0. The van der Waals surface area contributed by atoms with E-state index in [0.29, 0.717) is 0 Å². The van der Waals surface area contributed by atoms with Crippen LogP contribution in [0.4, 0.5) is 0 Å². The molecule has 2 heteroatoms. The van der Waals surface area contributed by atoms with Crippen LogP contribution in [0.15, 0.2) is 0 Å². The molecule has 0 heterocycles. The van der Waals surface area contributed by atoms with Gasteiger partial charge in [0.2, 0.25) is 0 Å². The molecule has 0 saturated heterocycles. The number of terminal acetylenes is 1. The van der Waals surface area contributed by atoms with Gasteiger partial charge in [-0.3, -0.25) is 0 Å². The third-order valence-corrected chi connectivity index (χ3v) is 1.34. The van der Waals surface area contributed by atoms with E-state index in [4.69, 9.17) is 12.2 Å². The fourth-order valence-corrected chi connectivity index (χ4v) is 0.643. The molecule has 0 saturated carbocycles. The van der Waals surface area contributed by atoms with Crippen molar-refractivity contribution < 1.29 is 0 Å². The molecule has 0 aliphatic carbocycles. The van der Waals surface area contributed by atoms with Gasteiger partial charge in [0, 0.05) is 12.3 Å². The molecule has 7 heavy (non-hydrogen) atoms. The molecule has 0 amide bonds. The van der Waals surface area contributed by atoms with Crippen molar-refractivity contribution in [2.75, 3.05) is 18.1 Å². The lowest BCUT2D eigenvalue weighted by molar-refractivity contribution is 1.15. The topological polar surface area (TPSA) is 26.0 Å². The van der Waals surface area contributed by atoms with E-state index in [1.54, 1.807) is 11.8 Å². The molecule has 40 valence electrons. The summed E-state index contributed by atoms with van der Waals surface area (Å²) in [5, 5.41) is 0. The SMILES string of the molecule is C#CCSCCN. The minimum atomic E-state index is 0.729. The van der Waals surface area contributed by atoms with Gasteiger partial charge in [-0.05, 0) is 0 Å². The highest BCUT2D eigenvalue weighted by atomic mass is 32.2. The van der Waals surface area contributed by atoms with E-state index in [2.05, 4.69) is 5.92 Å². The van der Waals surface area contributed by atoms with Crippen molar-refractivity contribution in [1.29, 1.82) is 0 Å². The Bertz CT molecular complexity index is 65.0. The average Bonchev–Trinajstić information content (AvgIpc) is 1.69. The molecule has 0 aromatic carbocycles. The van der Waals surface area contributed by atoms with Crippen molar-refractivity contribution in [2.24, 2.45) is 5.73 Å². The second-order valence-corrected chi connectivity index (χ2v) is 2.15. The third-order valence-electron chi connectivity index (χ3n) is 0.448. The summed E-state index contributed by atoms with van der Waals surface area (Å²) in [6.07, 6.45) is 4.96. The first-order valence-corrected chi connectivity index (χ1v) is 3.28. The number of rotatable bonds is 3. The van der Waals surface area contributed by atoms with Gasteiger partial charge in [0.1, 0.15) is 0 Å². The van der Waals surface area contributed by atoms with Crippen molar-refractivity contribution in [3.05, 3.63) is 0 Å². The molecule has 0 radical (unpaired) electrons. The van der Waals surface area contributed by atoms with E-state index in [9.17, 15) is 0 Å². The molecule has 0 unspecified atom stereocenters. The Morgan fingerprint density at radius 1 is 1.71 bits per heavy atom. The maximum atomic E-state index is 5.18. The van der Waals surface area contributed by atoms with E-state index in [0.717, 1.165) is 18.1 Å². The van der Waals surface area contributed by atoms with E-state index >= 15 is 0 Å². The molecular formula is C5H9NS. The normalized spacial score (nSPS) is 8.00. The molecule has 0 bridgehead atoms. The van der Waals surface area contributed by atoms with Crippen molar-refractivity contribution in [3.8, 4) is 12.3 Å². The quantitative estimate of drug-likeness (QED) is 0.423. The van der Waals surface area contributed by atoms with Crippen LogP contribution in [0.3, 0.4) is 0 Å². The average molecular weight is 115 g/mol. The predicted molar refractivity (Wildman–Crippen MR) is 35.2 cm³/mol. The monoisotopic (exact) mass is 115 g/mol. The molecule has 1 nitrogen and oxygen atoms in total. The number of hydrogen-bond donors (Lipinski definition) is 1. The lowest BCUT2D eigenvalue weighted by Gasteiger charge is -1.87. The van der Waals surface area contributed by atoms with Gasteiger partial charge in [-0.2, -0.15) is 0 Å². The molecule has 2 N–H and O–H groups in total. The summed E-state index contributed by atoms with van der Waals surface area (Å²) in [7, 11) is 0. The maximum Gasteiger partial charge on any atom is 0.0545 e. The van der Waals surface area contributed by atoms with Gasteiger partial charge in [-0.15, -0.1) is 18.2 Å². The fourth-order valence-electron chi connectivity index (χ4n) is 0.214. The molecule has 0 spiro atoms. The lowest BCUT2D eigenvalue weighted by Crippen LogP contribution is -2.01. The second kappa shape index (κ2) is 5.87. The van der Waals surface area contributed by atoms with E-state index < -0.39 is 0 Å². The van der Waals surface area contributed by atoms with Crippen LogP contribution in [0.25, 0.3) is 0 Å².